The van der Waals surface area contributed by atoms with Gasteiger partial charge in [0.15, 0.2) is 0 Å². The maximum absolute atomic E-state index is 5.43. The largest absolute Gasteiger partial charge is 0.477 e. The van der Waals surface area contributed by atoms with Crippen molar-refractivity contribution in [1.82, 2.24) is 9.97 Å². The van der Waals surface area contributed by atoms with Gasteiger partial charge in [0.25, 0.3) is 0 Å². The van der Waals surface area contributed by atoms with E-state index in [0.29, 0.717) is 32.3 Å². The summed E-state index contributed by atoms with van der Waals surface area (Å²) in [5.74, 6) is 0.562. The zero-order valence-corrected chi connectivity index (χ0v) is 10.8. The molecule has 1 rings (SSSR count). The van der Waals surface area contributed by atoms with E-state index >= 15 is 0 Å². The Morgan fingerprint density at radius 2 is 2.12 bits per heavy atom. The van der Waals surface area contributed by atoms with Crippen LogP contribution in [0.4, 0.5) is 0 Å². The van der Waals surface area contributed by atoms with E-state index in [-0.39, 0.29) is 0 Å². The molecular formula is C10H15BrN2O3. The highest BCUT2D eigenvalue weighted by Crippen LogP contribution is 2.19. The third-order valence-corrected chi connectivity index (χ3v) is 2.28. The average Bonchev–Trinajstić information content (AvgIpc) is 2.30. The maximum Gasteiger partial charge on any atom is 0.231 e. The number of ether oxygens (including phenoxy) is 3. The molecule has 5 nitrogen and oxygen atoms in total. The molecule has 0 aromatic carbocycles. The minimum Gasteiger partial charge on any atom is -0.477 e. The zero-order valence-electron chi connectivity index (χ0n) is 9.19. The molecule has 0 radical (unpaired) electrons. The number of nitrogens with zero attached hydrogens (tertiary/aromatic N) is 2. The lowest BCUT2D eigenvalue weighted by Gasteiger charge is -2.06. The molecule has 1 aromatic heterocycles. The quantitative estimate of drug-likeness (QED) is 0.682. The van der Waals surface area contributed by atoms with E-state index in [1.54, 1.807) is 13.3 Å². The number of rotatable bonds is 8. The first-order valence-corrected chi connectivity index (χ1v) is 5.79. The van der Waals surface area contributed by atoms with Crippen molar-refractivity contribution < 1.29 is 14.2 Å². The van der Waals surface area contributed by atoms with Crippen LogP contribution in [0.25, 0.3) is 0 Å². The van der Waals surface area contributed by atoms with Crippen LogP contribution in [0.5, 0.6) is 5.88 Å². The van der Waals surface area contributed by atoms with Gasteiger partial charge in [0.05, 0.1) is 24.3 Å². The van der Waals surface area contributed by atoms with E-state index < -0.39 is 0 Å². The van der Waals surface area contributed by atoms with Crippen LogP contribution >= 0.6 is 15.9 Å². The summed E-state index contributed by atoms with van der Waals surface area (Å²) in [4.78, 5) is 7.83. The van der Waals surface area contributed by atoms with Crippen LogP contribution in [0, 0.1) is 0 Å². The molecule has 0 saturated heterocycles. The third-order valence-electron chi connectivity index (χ3n) is 1.74. The van der Waals surface area contributed by atoms with Crippen molar-refractivity contribution in [1.29, 1.82) is 0 Å². The van der Waals surface area contributed by atoms with Crippen molar-refractivity contribution in [3.05, 3.63) is 17.0 Å². The summed E-state index contributed by atoms with van der Waals surface area (Å²) in [5.41, 5.74) is 0. The standard InChI is InChI=1S/C10H15BrN2O3/c1-14-5-6-15-3-2-4-16-10-9(11)7-12-8-13-10/h7-8H,2-6H2,1H3. The van der Waals surface area contributed by atoms with Gasteiger partial charge in [-0.2, -0.15) is 0 Å². The summed E-state index contributed by atoms with van der Waals surface area (Å²) in [6.45, 7) is 2.47. The van der Waals surface area contributed by atoms with Crippen LogP contribution in [0.2, 0.25) is 0 Å². The van der Waals surface area contributed by atoms with Crippen molar-refractivity contribution in [2.24, 2.45) is 0 Å². The fraction of sp³-hybridized carbons (Fsp3) is 0.600. The molecule has 0 aliphatic rings. The van der Waals surface area contributed by atoms with Crippen molar-refractivity contribution >= 4 is 15.9 Å². The number of hydrogen-bond acceptors (Lipinski definition) is 5. The molecule has 0 N–H and O–H groups in total. The molecule has 90 valence electrons. The van der Waals surface area contributed by atoms with Crippen LogP contribution in [-0.2, 0) is 9.47 Å². The lowest BCUT2D eigenvalue weighted by molar-refractivity contribution is 0.0641. The Morgan fingerprint density at radius 3 is 2.88 bits per heavy atom. The van der Waals surface area contributed by atoms with Crippen LogP contribution < -0.4 is 4.74 Å². The van der Waals surface area contributed by atoms with Gasteiger partial charge in [0.1, 0.15) is 6.33 Å². The van der Waals surface area contributed by atoms with E-state index in [4.69, 9.17) is 14.2 Å². The molecule has 0 saturated carbocycles. The molecule has 16 heavy (non-hydrogen) atoms. The second kappa shape index (κ2) is 8.43. The van der Waals surface area contributed by atoms with Gasteiger partial charge < -0.3 is 14.2 Å². The van der Waals surface area contributed by atoms with E-state index in [1.807, 2.05) is 0 Å². The normalized spacial score (nSPS) is 10.4. The monoisotopic (exact) mass is 290 g/mol. The minimum absolute atomic E-state index is 0.562. The molecule has 1 aromatic rings. The third kappa shape index (κ3) is 5.39. The van der Waals surface area contributed by atoms with Gasteiger partial charge in [0.2, 0.25) is 5.88 Å². The average molecular weight is 291 g/mol. The SMILES string of the molecule is COCCOCCCOc1ncncc1Br. The summed E-state index contributed by atoms with van der Waals surface area (Å²) < 4.78 is 16.3. The highest BCUT2D eigenvalue weighted by Gasteiger charge is 2.00. The lowest BCUT2D eigenvalue weighted by atomic mass is 10.5. The van der Waals surface area contributed by atoms with Gasteiger partial charge in [-0.3, -0.25) is 0 Å². The molecule has 0 bridgehead atoms. The molecule has 0 unspecified atom stereocenters. The Morgan fingerprint density at radius 1 is 1.25 bits per heavy atom. The van der Waals surface area contributed by atoms with Crippen molar-refractivity contribution in [2.45, 2.75) is 6.42 Å². The number of halogens is 1. The molecule has 0 spiro atoms. The smallest absolute Gasteiger partial charge is 0.231 e. The Labute approximate surface area is 103 Å². The van der Waals surface area contributed by atoms with Gasteiger partial charge in [-0.1, -0.05) is 0 Å². The highest BCUT2D eigenvalue weighted by molar-refractivity contribution is 9.10. The van der Waals surface area contributed by atoms with Crippen molar-refractivity contribution in [3.63, 3.8) is 0 Å². The van der Waals surface area contributed by atoms with Gasteiger partial charge in [-0.15, -0.1) is 0 Å². The van der Waals surface area contributed by atoms with Gasteiger partial charge in [0, 0.05) is 26.3 Å². The fourth-order valence-electron chi connectivity index (χ4n) is 0.982. The Kier molecular flexibility index (Phi) is 7.03. The molecule has 0 aliphatic heterocycles. The molecule has 6 heteroatoms. The van der Waals surface area contributed by atoms with Crippen molar-refractivity contribution in [3.8, 4) is 5.88 Å². The molecule has 0 atom stereocenters. The highest BCUT2D eigenvalue weighted by atomic mass is 79.9. The van der Waals surface area contributed by atoms with E-state index in [1.165, 1.54) is 6.33 Å². The Balaban J connectivity index is 2.05. The van der Waals surface area contributed by atoms with Crippen LogP contribution in [0.1, 0.15) is 6.42 Å². The van der Waals surface area contributed by atoms with Crippen LogP contribution in [0.3, 0.4) is 0 Å². The van der Waals surface area contributed by atoms with Crippen LogP contribution in [0.15, 0.2) is 17.0 Å². The summed E-state index contributed by atoms with van der Waals surface area (Å²) in [6, 6.07) is 0. The summed E-state index contributed by atoms with van der Waals surface area (Å²) in [7, 11) is 1.65. The first kappa shape index (κ1) is 13.3. The van der Waals surface area contributed by atoms with Gasteiger partial charge in [-0.05, 0) is 15.9 Å². The van der Waals surface area contributed by atoms with E-state index in [9.17, 15) is 0 Å². The van der Waals surface area contributed by atoms with Crippen LogP contribution in [-0.4, -0.2) is 43.5 Å². The molecule has 0 amide bonds. The first-order valence-electron chi connectivity index (χ1n) is 4.99. The molecule has 1 heterocycles. The summed E-state index contributed by atoms with van der Waals surface area (Å²) in [5, 5.41) is 0. The predicted molar refractivity (Wildman–Crippen MR) is 62.5 cm³/mol. The molecule has 0 fully saturated rings. The number of aromatic nitrogens is 2. The van der Waals surface area contributed by atoms with E-state index in [2.05, 4.69) is 25.9 Å². The summed E-state index contributed by atoms with van der Waals surface area (Å²) in [6.07, 6.45) is 3.92. The zero-order chi connectivity index (χ0) is 11.6. The predicted octanol–water partition coefficient (Wildman–Crippen LogP) is 1.67. The Bertz CT molecular complexity index is 299. The number of hydrogen-bond donors (Lipinski definition) is 0. The second-order valence-corrected chi connectivity index (χ2v) is 3.84. The van der Waals surface area contributed by atoms with E-state index in [0.717, 1.165) is 10.9 Å². The first-order chi connectivity index (χ1) is 7.84. The van der Waals surface area contributed by atoms with Gasteiger partial charge >= 0.3 is 0 Å². The second-order valence-electron chi connectivity index (χ2n) is 2.98. The topological polar surface area (TPSA) is 53.5 Å². The number of methoxy groups -OCH3 is 1. The lowest BCUT2D eigenvalue weighted by Crippen LogP contribution is -2.07. The molecular weight excluding hydrogens is 276 g/mol. The molecule has 0 aliphatic carbocycles. The Hall–Kier alpha value is -0.720. The van der Waals surface area contributed by atoms with Gasteiger partial charge in [-0.25, -0.2) is 9.97 Å². The van der Waals surface area contributed by atoms with Crippen molar-refractivity contribution in [2.75, 3.05) is 33.5 Å². The maximum atomic E-state index is 5.43. The summed E-state index contributed by atoms with van der Waals surface area (Å²) >= 11 is 3.30. The fourth-order valence-corrected chi connectivity index (χ4v) is 1.32. The minimum atomic E-state index is 0.562.